The molecule has 176 valence electrons. The van der Waals surface area contributed by atoms with Crippen molar-refractivity contribution >= 4 is 17.5 Å². The van der Waals surface area contributed by atoms with Gasteiger partial charge in [-0.1, -0.05) is 5.92 Å². The van der Waals surface area contributed by atoms with Crippen LogP contribution in [0.15, 0.2) is 30.5 Å². The van der Waals surface area contributed by atoms with E-state index in [1.54, 1.807) is 37.3 Å². The number of ketones is 2. The fourth-order valence-corrected chi connectivity index (χ4v) is 5.51. The molecule has 1 aliphatic heterocycles. The van der Waals surface area contributed by atoms with Crippen molar-refractivity contribution in [2.75, 3.05) is 20.2 Å². The third-order valence-corrected chi connectivity index (χ3v) is 7.19. The van der Waals surface area contributed by atoms with E-state index in [4.69, 9.17) is 4.74 Å². The Labute approximate surface area is 200 Å². The van der Waals surface area contributed by atoms with Gasteiger partial charge in [-0.2, -0.15) is 0 Å². The average Bonchev–Trinajstić information content (AvgIpc) is 2.80. The van der Waals surface area contributed by atoms with Gasteiger partial charge < -0.3 is 9.64 Å². The maximum absolute atomic E-state index is 13.3. The lowest BCUT2D eigenvalue weighted by atomic mass is 9.62. The molecule has 6 heteroatoms. The number of nitrogens with zero attached hydrogens (tertiary/aromatic N) is 2. The number of aryl methyl sites for hydroxylation is 2. The van der Waals surface area contributed by atoms with Crippen molar-refractivity contribution in [2.24, 2.45) is 5.41 Å². The number of ether oxygens (including phenoxy) is 1. The zero-order valence-electron chi connectivity index (χ0n) is 20.2. The number of benzene rings is 1. The summed E-state index contributed by atoms with van der Waals surface area (Å²) in [6.07, 6.45) is 3.57. The molecule has 2 aromatic rings. The topological polar surface area (TPSA) is 76.6 Å². The van der Waals surface area contributed by atoms with Crippen molar-refractivity contribution in [1.29, 1.82) is 0 Å². The molecule has 6 nitrogen and oxygen atoms in total. The number of pyridine rings is 1. The first kappa shape index (κ1) is 23.7. The quantitative estimate of drug-likeness (QED) is 0.513. The highest BCUT2D eigenvalue weighted by atomic mass is 16.5. The minimum atomic E-state index is -0.699. The zero-order chi connectivity index (χ0) is 24.5. The monoisotopic (exact) mass is 458 g/mol. The summed E-state index contributed by atoms with van der Waals surface area (Å²) in [5.74, 6) is 5.67. The number of amides is 1. The van der Waals surface area contributed by atoms with Gasteiger partial charge in [-0.25, -0.2) is 0 Å². The Morgan fingerprint density at radius 3 is 2.26 bits per heavy atom. The third-order valence-electron chi connectivity index (χ3n) is 7.19. The molecule has 2 heterocycles. The molecular formula is C28H30N2O4. The summed E-state index contributed by atoms with van der Waals surface area (Å²) >= 11 is 0. The summed E-state index contributed by atoms with van der Waals surface area (Å²) in [7, 11) is 1.55. The summed E-state index contributed by atoms with van der Waals surface area (Å²) in [6.45, 7) is 6.70. The highest BCUT2D eigenvalue weighted by Gasteiger charge is 2.47. The van der Waals surface area contributed by atoms with E-state index in [1.165, 1.54) is 0 Å². The Morgan fingerprint density at radius 1 is 1.09 bits per heavy atom. The molecule has 0 bridgehead atoms. The first-order valence-electron chi connectivity index (χ1n) is 11.7. The Kier molecular flexibility index (Phi) is 6.56. The lowest BCUT2D eigenvalue weighted by Gasteiger charge is -2.44. The zero-order valence-corrected chi connectivity index (χ0v) is 20.2. The molecule has 1 aromatic carbocycles. The van der Waals surface area contributed by atoms with Gasteiger partial charge in [0.05, 0.1) is 7.11 Å². The van der Waals surface area contributed by atoms with Crippen LogP contribution in [0, 0.1) is 31.1 Å². The molecule has 2 aliphatic rings. The van der Waals surface area contributed by atoms with Crippen LogP contribution in [0.1, 0.15) is 71.3 Å². The first-order valence-corrected chi connectivity index (χ1v) is 11.7. The van der Waals surface area contributed by atoms with E-state index < -0.39 is 5.92 Å². The van der Waals surface area contributed by atoms with Crippen LogP contribution in [0.5, 0.6) is 5.75 Å². The molecule has 4 rings (SSSR count). The van der Waals surface area contributed by atoms with Crippen LogP contribution in [0.2, 0.25) is 0 Å². The molecule has 1 amide bonds. The predicted molar refractivity (Wildman–Crippen MR) is 129 cm³/mol. The molecule has 1 saturated heterocycles. The molecule has 1 spiro atoms. The molecular weight excluding hydrogens is 428 g/mol. The van der Waals surface area contributed by atoms with Gasteiger partial charge in [0.15, 0.2) is 0 Å². The van der Waals surface area contributed by atoms with Gasteiger partial charge in [-0.3, -0.25) is 19.4 Å². The number of Topliss-reactive ketones (excluding diaryl/α,β-unsaturated/α-hetero) is 2. The number of carbonyl (C=O) groups is 3. The second kappa shape index (κ2) is 9.42. The molecule has 0 unspecified atom stereocenters. The minimum absolute atomic E-state index is 0.00832. The molecule has 2 fully saturated rings. The molecule has 1 aliphatic carbocycles. The number of rotatable bonds is 3. The lowest BCUT2D eigenvalue weighted by Crippen LogP contribution is -2.48. The van der Waals surface area contributed by atoms with E-state index >= 15 is 0 Å². The smallest absolute Gasteiger partial charge is 0.272 e. The van der Waals surface area contributed by atoms with Crippen LogP contribution >= 0.6 is 0 Å². The maximum Gasteiger partial charge on any atom is 0.272 e. The van der Waals surface area contributed by atoms with Crippen LogP contribution < -0.4 is 4.74 Å². The molecule has 34 heavy (non-hydrogen) atoms. The van der Waals surface area contributed by atoms with E-state index in [9.17, 15) is 14.4 Å². The second-order valence-corrected chi connectivity index (χ2v) is 9.49. The summed E-state index contributed by atoms with van der Waals surface area (Å²) in [5.41, 5.74) is 3.59. The van der Waals surface area contributed by atoms with Crippen LogP contribution in [0.3, 0.4) is 0 Å². The van der Waals surface area contributed by atoms with Gasteiger partial charge in [0.25, 0.3) is 5.91 Å². The van der Waals surface area contributed by atoms with E-state index in [0.29, 0.717) is 50.2 Å². The molecule has 0 N–H and O–H groups in total. The van der Waals surface area contributed by atoms with E-state index in [0.717, 1.165) is 22.3 Å². The number of likely N-dealkylation sites (tertiary alicyclic amines) is 1. The van der Waals surface area contributed by atoms with Gasteiger partial charge in [0.2, 0.25) is 0 Å². The van der Waals surface area contributed by atoms with Crippen molar-refractivity contribution < 1.29 is 19.1 Å². The largest absolute Gasteiger partial charge is 0.497 e. The van der Waals surface area contributed by atoms with Crippen molar-refractivity contribution in [3.8, 4) is 17.6 Å². The van der Waals surface area contributed by atoms with Crippen molar-refractivity contribution in [3.63, 3.8) is 0 Å². The number of aromatic nitrogens is 1. The Morgan fingerprint density at radius 2 is 1.71 bits per heavy atom. The van der Waals surface area contributed by atoms with Crippen molar-refractivity contribution in [3.05, 3.63) is 58.4 Å². The van der Waals surface area contributed by atoms with Crippen LogP contribution in [0.25, 0.3) is 0 Å². The van der Waals surface area contributed by atoms with Gasteiger partial charge in [-0.05, 0) is 73.9 Å². The Bertz CT molecular complexity index is 1170. The van der Waals surface area contributed by atoms with Crippen LogP contribution in [0.4, 0.5) is 0 Å². The Balaban J connectivity index is 1.48. The van der Waals surface area contributed by atoms with Crippen molar-refractivity contribution in [1.82, 2.24) is 9.88 Å². The van der Waals surface area contributed by atoms with E-state index in [-0.39, 0.29) is 22.9 Å². The predicted octanol–water partition coefficient (Wildman–Crippen LogP) is 4.02. The SMILES string of the molecule is CC#Cc1cc(C)c(C2C(=O)CC3(CCN(C(=O)c4cc(OC)ccn4)CC3)CC2=O)c(C)c1. The summed E-state index contributed by atoms with van der Waals surface area (Å²) in [5, 5.41) is 0. The van der Waals surface area contributed by atoms with Gasteiger partial charge in [-0.15, -0.1) is 5.92 Å². The third kappa shape index (κ3) is 4.48. The lowest BCUT2D eigenvalue weighted by molar-refractivity contribution is -0.138. The number of hydrogen-bond donors (Lipinski definition) is 0. The van der Waals surface area contributed by atoms with Crippen LogP contribution in [-0.2, 0) is 9.59 Å². The molecule has 0 radical (unpaired) electrons. The fourth-order valence-electron chi connectivity index (χ4n) is 5.51. The highest BCUT2D eigenvalue weighted by Crippen LogP contribution is 2.46. The summed E-state index contributed by atoms with van der Waals surface area (Å²) in [6, 6.07) is 7.25. The standard InChI is InChI=1S/C28H30N2O4/c1-5-6-20-13-18(2)25(19(3)14-20)26-23(31)16-28(17-24(26)32)8-11-30(12-9-28)27(33)22-15-21(34-4)7-10-29-22/h7,10,13-15,26H,8-9,11-12,16-17H2,1-4H3. The van der Waals surface area contributed by atoms with Gasteiger partial charge in [0.1, 0.15) is 28.9 Å². The van der Waals surface area contributed by atoms with Gasteiger partial charge >= 0.3 is 0 Å². The summed E-state index contributed by atoms with van der Waals surface area (Å²) < 4.78 is 5.20. The fraction of sp³-hybridized carbons (Fsp3) is 0.429. The number of hydrogen-bond acceptors (Lipinski definition) is 5. The molecule has 0 atom stereocenters. The normalized spacial score (nSPS) is 17.9. The van der Waals surface area contributed by atoms with Crippen molar-refractivity contribution in [2.45, 2.75) is 52.4 Å². The number of methoxy groups -OCH3 is 1. The number of carbonyl (C=O) groups excluding carboxylic acids is 3. The molecule has 1 saturated carbocycles. The minimum Gasteiger partial charge on any atom is -0.497 e. The highest BCUT2D eigenvalue weighted by molar-refractivity contribution is 6.10. The first-order chi connectivity index (χ1) is 16.3. The summed E-state index contributed by atoms with van der Waals surface area (Å²) in [4.78, 5) is 45.6. The molecule has 1 aromatic heterocycles. The average molecular weight is 459 g/mol. The maximum atomic E-state index is 13.3. The van der Waals surface area contributed by atoms with E-state index in [2.05, 4.69) is 16.8 Å². The second-order valence-electron chi connectivity index (χ2n) is 9.49. The van der Waals surface area contributed by atoms with Crippen LogP contribution in [-0.4, -0.2) is 47.6 Å². The van der Waals surface area contributed by atoms with Gasteiger partial charge in [0, 0.05) is 43.8 Å². The Hall–Kier alpha value is -3.46. The number of piperidine rings is 1. The van der Waals surface area contributed by atoms with E-state index in [1.807, 2.05) is 26.0 Å².